The fourth-order valence-corrected chi connectivity index (χ4v) is 2.93. The molecule has 2 atom stereocenters. The molecule has 0 spiro atoms. The van der Waals surface area contributed by atoms with Crippen LogP contribution >= 0.6 is 0 Å². The van der Waals surface area contributed by atoms with Gasteiger partial charge in [0.25, 0.3) is 0 Å². The predicted octanol–water partition coefficient (Wildman–Crippen LogP) is 4.11. The first-order valence-electron chi connectivity index (χ1n) is 6.80. The molecule has 1 N–H and O–H groups in total. The maximum atomic E-state index is 13.8. The summed E-state index contributed by atoms with van der Waals surface area (Å²) in [6.45, 7) is 4.15. The van der Waals surface area contributed by atoms with E-state index in [-0.39, 0.29) is 11.7 Å². The topological polar surface area (TPSA) is 55.2 Å². The lowest BCUT2D eigenvalue weighted by atomic mass is 9.78. The zero-order valence-corrected chi connectivity index (χ0v) is 11.5. The Morgan fingerprint density at radius 2 is 1.80 bits per heavy atom. The van der Waals surface area contributed by atoms with Gasteiger partial charge in [0.1, 0.15) is 5.82 Å². The van der Waals surface area contributed by atoms with Crippen LogP contribution in [-0.4, -0.2) is 11.0 Å². The van der Waals surface area contributed by atoms with Crippen molar-refractivity contribution in [3.63, 3.8) is 0 Å². The highest BCUT2D eigenvalue weighted by Crippen LogP contribution is 2.33. The molecule has 0 aromatic heterocycles. The summed E-state index contributed by atoms with van der Waals surface area (Å²) >= 11 is 0. The molecule has 4 nitrogen and oxygen atoms in total. The van der Waals surface area contributed by atoms with Crippen LogP contribution < -0.4 is 5.32 Å². The minimum absolute atomic E-state index is 0.00343. The molecule has 2 rings (SSSR count). The lowest BCUT2D eigenvalue weighted by molar-refractivity contribution is -0.387. The quantitative estimate of drug-likeness (QED) is 0.671. The summed E-state index contributed by atoms with van der Waals surface area (Å²) in [5, 5.41) is 13.7. The van der Waals surface area contributed by atoms with Crippen molar-refractivity contribution in [1.82, 2.24) is 0 Å². The van der Waals surface area contributed by atoms with Gasteiger partial charge >= 0.3 is 5.69 Å². The van der Waals surface area contributed by atoms with E-state index in [1.54, 1.807) is 0 Å². The molecule has 0 radical (unpaired) electrons. The SMILES string of the molecule is CC1CCCC(C)C1Nc1cc([N+](=O)[O-])c(F)cc1F. The molecule has 110 valence electrons. The van der Waals surface area contributed by atoms with Gasteiger partial charge in [0.15, 0.2) is 0 Å². The first-order chi connectivity index (χ1) is 9.40. The van der Waals surface area contributed by atoms with Crippen LogP contribution in [0.1, 0.15) is 33.1 Å². The number of nitro groups is 1. The third kappa shape index (κ3) is 2.89. The molecule has 0 bridgehead atoms. The molecule has 0 amide bonds. The molecular formula is C14H18F2N2O2. The van der Waals surface area contributed by atoms with Gasteiger partial charge in [0.2, 0.25) is 5.82 Å². The highest BCUT2D eigenvalue weighted by Gasteiger charge is 2.29. The van der Waals surface area contributed by atoms with Crippen LogP contribution in [0.3, 0.4) is 0 Å². The molecule has 1 saturated carbocycles. The molecule has 20 heavy (non-hydrogen) atoms. The Morgan fingerprint density at radius 3 is 2.35 bits per heavy atom. The second-order valence-electron chi connectivity index (χ2n) is 5.60. The number of nitrogens with zero attached hydrogens (tertiary/aromatic N) is 1. The number of nitro benzene ring substituents is 1. The average Bonchev–Trinajstić information content (AvgIpc) is 2.35. The van der Waals surface area contributed by atoms with Gasteiger partial charge in [0, 0.05) is 18.2 Å². The Morgan fingerprint density at radius 1 is 1.20 bits per heavy atom. The Bertz CT molecular complexity index is 512. The van der Waals surface area contributed by atoms with Crippen molar-refractivity contribution in [3.8, 4) is 0 Å². The number of hydrogen-bond acceptors (Lipinski definition) is 3. The van der Waals surface area contributed by atoms with Gasteiger partial charge in [-0.15, -0.1) is 0 Å². The van der Waals surface area contributed by atoms with Crippen LogP contribution in [0.25, 0.3) is 0 Å². The zero-order valence-electron chi connectivity index (χ0n) is 11.5. The second-order valence-corrected chi connectivity index (χ2v) is 5.60. The number of rotatable bonds is 3. The first-order valence-corrected chi connectivity index (χ1v) is 6.80. The lowest BCUT2D eigenvalue weighted by Gasteiger charge is -2.35. The molecular weight excluding hydrogens is 266 g/mol. The van der Waals surface area contributed by atoms with Crippen molar-refractivity contribution in [2.24, 2.45) is 11.8 Å². The summed E-state index contributed by atoms with van der Waals surface area (Å²) in [7, 11) is 0. The molecule has 6 heteroatoms. The molecule has 1 aromatic carbocycles. The van der Waals surface area contributed by atoms with E-state index in [4.69, 9.17) is 0 Å². The van der Waals surface area contributed by atoms with Gasteiger partial charge in [-0.2, -0.15) is 4.39 Å². The van der Waals surface area contributed by atoms with Crippen molar-refractivity contribution in [1.29, 1.82) is 0 Å². The van der Waals surface area contributed by atoms with E-state index >= 15 is 0 Å². The zero-order chi connectivity index (χ0) is 14.9. The molecule has 1 aliphatic carbocycles. The molecule has 0 aliphatic heterocycles. The fraction of sp³-hybridized carbons (Fsp3) is 0.571. The third-order valence-corrected chi connectivity index (χ3v) is 4.10. The first kappa shape index (κ1) is 14.7. The summed E-state index contributed by atoms with van der Waals surface area (Å²) in [6.07, 6.45) is 3.20. The molecule has 2 unspecified atom stereocenters. The van der Waals surface area contributed by atoms with Crippen molar-refractivity contribution in [2.75, 3.05) is 5.32 Å². The van der Waals surface area contributed by atoms with E-state index < -0.39 is 22.2 Å². The van der Waals surface area contributed by atoms with Crippen molar-refractivity contribution in [3.05, 3.63) is 33.9 Å². The Balaban J connectivity index is 2.28. The van der Waals surface area contributed by atoms with Crippen LogP contribution in [0.15, 0.2) is 12.1 Å². The fourth-order valence-electron chi connectivity index (χ4n) is 2.93. The maximum Gasteiger partial charge on any atom is 0.307 e. The van der Waals surface area contributed by atoms with Gasteiger partial charge in [-0.05, 0) is 24.7 Å². The van der Waals surface area contributed by atoms with Crippen molar-refractivity contribution < 1.29 is 13.7 Å². The number of nitrogens with one attached hydrogen (secondary N) is 1. The van der Waals surface area contributed by atoms with Crippen LogP contribution in [0.4, 0.5) is 20.2 Å². The minimum atomic E-state index is -1.15. The number of halogens is 2. The molecule has 1 aliphatic rings. The van der Waals surface area contributed by atoms with Gasteiger partial charge in [0.05, 0.1) is 10.6 Å². The largest absolute Gasteiger partial charge is 0.379 e. The molecule has 0 saturated heterocycles. The summed E-state index contributed by atoms with van der Waals surface area (Å²) < 4.78 is 27.1. The number of hydrogen-bond donors (Lipinski definition) is 1. The van der Waals surface area contributed by atoms with E-state index in [0.717, 1.165) is 25.3 Å². The van der Waals surface area contributed by atoms with E-state index in [1.165, 1.54) is 0 Å². The Hall–Kier alpha value is -1.72. The maximum absolute atomic E-state index is 13.8. The normalized spacial score (nSPS) is 26.3. The highest BCUT2D eigenvalue weighted by molar-refractivity contribution is 5.53. The van der Waals surface area contributed by atoms with Crippen LogP contribution in [0.5, 0.6) is 0 Å². The minimum Gasteiger partial charge on any atom is -0.379 e. The molecule has 1 aromatic rings. The van der Waals surface area contributed by atoms with Crippen molar-refractivity contribution >= 4 is 11.4 Å². The number of anilines is 1. The highest BCUT2D eigenvalue weighted by atomic mass is 19.1. The third-order valence-electron chi connectivity index (χ3n) is 4.10. The monoisotopic (exact) mass is 284 g/mol. The second kappa shape index (κ2) is 5.73. The summed E-state index contributed by atoms with van der Waals surface area (Å²) in [6, 6.07) is 1.56. The van der Waals surface area contributed by atoms with Crippen molar-refractivity contribution in [2.45, 2.75) is 39.2 Å². The van der Waals surface area contributed by atoms with Gasteiger partial charge < -0.3 is 5.32 Å². The number of benzene rings is 1. The van der Waals surface area contributed by atoms with E-state index in [9.17, 15) is 18.9 Å². The summed E-state index contributed by atoms with van der Waals surface area (Å²) in [5.41, 5.74) is -0.700. The van der Waals surface area contributed by atoms with Gasteiger partial charge in [-0.3, -0.25) is 10.1 Å². The molecule has 1 fully saturated rings. The van der Waals surface area contributed by atoms with Gasteiger partial charge in [-0.1, -0.05) is 20.3 Å². The van der Waals surface area contributed by atoms with Crippen LogP contribution in [0, 0.1) is 33.6 Å². The van der Waals surface area contributed by atoms with E-state index in [1.807, 2.05) is 0 Å². The summed E-state index contributed by atoms with van der Waals surface area (Å²) in [5.74, 6) is -1.25. The standard InChI is InChI=1S/C14H18F2N2O2/c1-8-4-3-5-9(2)14(8)17-12-7-13(18(19)20)11(16)6-10(12)15/h6-9,14,17H,3-5H2,1-2H3. The van der Waals surface area contributed by atoms with Crippen LogP contribution in [-0.2, 0) is 0 Å². The van der Waals surface area contributed by atoms with Gasteiger partial charge in [-0.25, -0.2) is 4.39 Å². The molecule has 0 heterocycles. The lowest BCUT2D eigenvalue weighted by Crippen LogP contribution is -2.37. The predicted molar refractivity (Wildman–Crippen MR) is 72.6 cm³/mol. The van der Waals surface area contributed by atoms with E-state index in [2.05, 4.69) is 19.2 Å². The summed E-state index contributed by atoms with van der Waals surface area (Å²) in [4.78, 5) is 9.88. The van der Waals surface area contributed by atoms with Crippen LogP contribution in [0.2, 0.25) is 0 Å². The smallest absolute Gasteiger partial charge is 0.307 e. The van der Waals surface area contributed by atoms with E-state index in [0.29, 0.717) is 17.9 Å². The average molecular weight is 284 g/mol. The Kier molecular flexibility index (Phi) is 4.20. The Labute approximate surface area is 116 Å².